The Morgan fingerprint density at radius 1 is 1.57 bits per heavy atom. The van der Waals surface area contributed by atoms with Gasteiger partial charge in [-0.3, -0.25) is 0 Å². The molecule has 0 unspecified atom stereocenters. The third-order valence-electron chi connectivity index (χ3n) is 2.61. The Morgan fingerprint density at radius 3 is 2.93 bits per heavy atom. The Kier molecular flexibility index (Phi) is 2.00. The predicted octanol–water partition coefficient (Wildman–Crippen LogP) is 1.47. The summed E-state index contributed by atoms with van der Waals surface area (Å²) in [5.74, 6) is -1.41. The molecule has 0 bridgehead atoms. The predicted molar refractivity (Wildman–Crippen MR) is 48.6 cm³/mol. The molecule has 0 fully saturated rings. The van der Waals surface area contributed by atoms with Gasteiger partial charge in [0.1, 0.15) is 5.82 Å². The van der Waals surface area contributed by atoms with Gasteiger partial charge in [0.05, 0.1) is 5.56 Å². The maximum Gasteiger partial charge on any atom is 0.335 e. The Balaban J connectivity index is 2.64. The van der Waals surface area contributed by atoms with E-state index in [1.807, 2.05) is 0 Å². The molecule has 0 saturated carbocycles. The normalized spacial score (nSPS) is 19.4. The maximum atomic E-state index is 13.3. The summed E-state index contributed by atoms with van der Waals surface area (Å²) in [6.45, 7) is 0. The lowest BCUT2D eigenvalue weighted by molar-refractivity contribution is 0.0695. The van der Waals surface area contributed by atoms with Crippen molar-refractivity contribution >= 4 is 5.97 Å². The Bertz CT molecular complexity index is 403. The number of fused-ring (bicyclic) bond motifs is 1. The van der Waals surface area contributed by atoms with E-state index >= 15 is 0 Å². The van der Waals surface area contributed by atoms with Crippen LogP contribution in [0.2, 0.25) is 0 Å². The van der Waals surface area contributed by atoms with Gasteiger partial charge in [0, 0.05) is 11.6 Å². The molecule has 4 heteroatoms. The highest BCUT2D eigenvalue weighted by Crippen LogP contribution is 2.33. The molecule has 0 spiro atoms. The summed E-state index contributed by atoms with van der Waals surface area (Å²) in [5, 5.41) is 8.86. The minimum atomic E-state index is -1.02. The third-order valence-corrected chi connectivity index (χ3v) is 2.61. The molecule has 3 N–H and O–H groups in total. The topological polar surface area (TPSA) is 63.3 Å². The van der Waals surface area contributed by atoms with E-state index in [0.29, 0.717) is 24.0 Å². The van der Waals surface area contributed by atoms with Crippen LogP contribution in [0.15, 0.2) is 12.1 Å². The summed E-state index contributed by atoms with van der Waals surface area (Å²) in [6.07, 6.45) is 1.17. The number of hydrogen-bond donors (Lipinski definition) is 2. The second-order valence-corrected chi connectivity index (χ2v) is 3.44. The minimum Gasteiger partial charge on any atom is -0.478 e. The lowest BCUT2D eigenvalue weighted by Crippen LogP contribution is -2.09. The summed E-state index contributed by atoms with van der Waals surface area (Å²) in [7, 11) is 0. The van der Waals surface area contributed by atoms with Crippen molar-refractivity contribution < 1.29 is 14.3 Å². The van der Waals surface area contributed by atoms with Gasteiger partial charge in [-0.2, -0.15) is 0 Å². The molecular formula is C10H10FNO2. The molecule has 1 atom stereocenters. The molecule has 1 aliphatic carbocycles. The van der Waals surface area contributed by atoms with Crippen molar-refractivity contribution in [3.8, 4) is 0 Å². The Hall–Kier alpha value is -1.42. The van der Waals surface area contributed by atoms with E-state index in [9.17, 15) is 9.18 Å². The number of carboxylic acids is 1. The molecule has 0 aromatic heterocycles. The first-order valence-corrected chi connectivity index (χ1v) is 4.41. The molecule has 1 aromatic carbocycles. The quantitative estimate of drug-likeness (QED) is 0.713. The van der Waals surface area contributed by atoms with Gasteiger partial charge in [0.15, 0.2) is 0 Å². The number of benzene rings is 1. The molecule has 0 aliphatic heterocycles. The first-order chi connectivity index (χ1) is 6.61. The van der Waals surface area contributed by atoms with Gasteiger partial charge in [-0.05, 0) is 30.5 Å². The van der Waals surface area contributed by atoms with Gasteiger partial charge < -0.3 is 10.8 Å². The summed E-state index contributed by atoms with van der Waals surface area (Å²) in [6, 6.07) is 2.12. The first-order valence-electron chi connectivity index (χ1n) is 4.41. The van der Waals surface area contributed by atoms with Crippen LogP contribution < -0.4 is 5.73 Å². The van der Waals surface area contributed by atoms with E-state index in [2.05, 4.69) is 0 Å². The lowest BCUT2D eigenvalue weighted by atomic mass is 10.0. The smallest absolute Gasteiger partial charge is 0.335 e. The number of carboxylic acid groups (broad SMARTS) is 1. The van der Waals surface area contributed by atoms with Crippen LogP contribution in [0, 0.1) is 5.82 Å². The van der Waals surface area contributed by atoms with Crippen molar-refractivity contribution in [2.75, 3.05) is 0 Å². The standard InChI is InChI=1S/C10H10FNO2/c11-7-3-1-6(10(13)14)5-2-4-8(12)9(5)7/h1,3,8H,2,4,12H2,(H,13,14)/t8-/m0/s1. The van der Waals surface area contributed by atoms with Gasteiger partial charge in [0.25, 0.3) is 0 Å². The molecule has 0 heterocycles. The van der Waals surface area contributed by atoms with Crippen molar-refractivity contribution in [3.05, 3.63) is 34.6 Å². The summed E-state index contributed by atoms with van der Waals surface area (Å²) in [5.41, 5.74) is 6.80. The molecule has 1 aliphatic rings. The van der Waals surface area contributed by atoms with Crippen molar-refractivity contribution in [2.45, 2.75) is 18.9 Å². The van der Waals surface area contributed by atoms with Crippen LogP contribution in [0.4, 0.5) is 4.39 Å². The zero-order chi connectivity index (χ0) is 10.3. The molecular weight excluding hydrogens is 185 g/mol. The molecule has 1 aromatic rings. The van der Waals surface area contributed by atoms with E-state index in [1.165, 1.54) is 12.1 Å². The molecule has 74 valence electrons. The van der Waals surface area contributed by atoms with Crippen LogP contribution in [0.25, 0.3) is 0 Å². The van der Waals surface area contributed by atoms with Crippen molar-refractivity contribution in [1.82, 2.24) is 0 Å². The van der Waals surface area contributed by atoms with E-state index < -0.39 is 11.8 Å². The number of rotatable bonds is 1. The molecule has 0 radical (unpaired) electrons. The fraction of sp³-hybridized carbons (Fsp3) is 0.300. The zero-order valence-electron chi connectivity index (χ0n) is 7.46. The molecule has 0 amide bonds. The summed E-state index contributed by atoms with van der Waals surface area (Å²) >= 11 is 0. The van der Waals surface area contributed by atoms with Crippen LogP contribution in [0.3, 0.4) is 0 Å². The van der Waals surface area contributed by atoms with Crippen molar-refractivity contribution in [3.63, 3.8) is 0 Å². The molecule has 3 nitrogen and oxygen atoms in total. The van der Waals surface area contributed by atoms with E-state index in [4.69, 9.17) is 10.8 Å². The number of halogens is 1. The average molecular weight is 195 g/mol. The number of aromatic carboxylic acids is 1. The van der Waals surface area contributed by atoms with Gasteiger partial charge in [0.2, 0.25) is 0 Å². The van der Waals surface area contributed by atoms with Crippen LogP contribution in [-0.2, 0) is 6.42 Å². The molecule has 0 saturated heterocycles. The number of nitrogens with two attached hydrogens (primary N) is 1. The fourth-order valence-electron chi connectivity index (χ4n) is 1.95. The Morgan fingerprint density at radius 2 is 2.29 bits per heavy atom. The molecule has 14 heavy (non-hydrogen) atoms. The number of hydrogen-bond acceptors (Lipinski definition) is 2. The van der Waals surface area contributed by atoms with Crippen LogP contribution >= 0.6 is 0 Å². The highest BCUT2D eigenvalue weighted by atomic mass is 19.1. The monoisotopic (exact) mass is 195 g/mol. The van der Waals surface area contributed by atoms with Gasteiger partial charge in [-0.15, -0.1) is 0 Å². The highest BCUT2D eigenvalue weighted by Gasteiger charge is 2.27. The molecule has 2 rings (SSSR count). The van der Waals surface area contributed by atoms with Gasteiger partial charge in [-0.25, -0.2) is 9.18 Å². The van der Waals surface area contributed by atoms with Crippen LogP contribution in [0.1, 0.15) is 33.9 Å². The summed E-state index contributed by atoms with van der Waals surface area (Å²) < 4.78 is 13.3. The van der Waals surface area contributed by atoms with E-state index in [1.54, 1.807) is 0 Å². The van der Waals surface area contributed by atoms with Gasteiger partial charge in [-0.1, -0.05) is 0 Å². The zero-order valence-corrected chi connectivity index (χ0v) is 7.46. The second kappa shape index (κ2) is 3.06. The SMILES string of the molecule is N[C@H]1CCc2c(C(=O)O)ccc(F)c21. The highest BCUT2D eigenvalue weighted by molar-refractivity contribution is 5.90. The fourth-order valence-corrected chi connectivity index (χ4v) is 1.95. The average Bonchev–Trinajstić information content (AvgIpc) is 2.49. The lowest BCUT2D eigenvalue weighted by Gasteiger charge is -2.07. The van der Waals surface area contributed by atoms with Crippen LogP contribution in [0.5, 0.6) is 0 Å². The van der Waals surface area contributed by atoms with Crippen molar-refractivity contribution in [2.24, 2.45) is 5.73 Å². The Labute approximate surface area is 80.3 Å². The third kappa shape index (κ3) is 1.19. The summed E-state index contributed by atoms with van der Waals surface area (Å²) in [4.78, 5) is 10.8. The largest absolute Gasteiger partial charge is 0.478 e. The first kappa shape index (κ1) is 9.15. The van der Waals surface area contributed by atoms with E-state index in [-0.39, 0.29) is 11.6 Å². The maximum absolute atomic E-state index is 13.3. The second-order valence-electron chi connectivity index (χ2n) is 3.44. The van der Waals surface area contributed by atoms with Crippen LogP contribution in [-0.4, -0.2) is 11.1 Å². The van der Waals surface area contributed by atoms with E-state index in [0.717, 1.165) is 0 Å². The number of carbonyl (C=O) groups is 1. The van der Waals surface area contributed by atoms with Gasteiger partial charge >= 0.3 is 5.97 Å². The van der Waals surface area contributed by atoms with Crippen molar-refractivity contribution in [1.29, 1.82) is 0 Å². The minimum absolute atomic E-state index is 0.175.